The van der Waals surface area contributed by atoms with E-state index in [1.165, 1.54) is 18.2 Å². The van der Waals surface area contributed by atoms with Crippen molar-refractivity contribution in [3.05, 3.63) is 41.7 Å². The minimum Gasteiger partial charge on any atom is -0.353 e. The number of benzene rings is 1. The van der Waals surface area contributed by atoms with E-state index in [-0.39, 0.29) is 17.5 Å². The number of halogens is 1. The third kappa shape index (κ3) is 7.35. The first-order valence-electron chi connectivity index (χ1n) is 5.76. The van der Waals surface area contributed by atoms with Crippen molar-refractivity contribution in [3.8, 4) is 0 Å². The Hall–Kier alpha value is -1.69. The molecule has 0 aliphatic rings. The Morgan fingerprint density at radius 3 is 2.53 bits per heavy atom. The van der Waals surface area contributed by atoms with Crippen LogP contribution < -0.4 is 5.32 Å². The van der Waals surface area contributed by atoms with Crippen LogP contribution in [0.2, 0.25) is 0 Å². The molecular weight excluding hydrogens is 269 g/mol. The molecule has 0 spiro atoms. The van der Waals surface area contributed by atoms with Gasteiger partial charge in [-0.15, -0.1) is 0 Å². The van der Waals surface area contributed by atoms with Gasteiger partial charge in [-0.3, -0.25) is 4.79 Å². The Morgan fingerprint density at radius 2 is 1.95 bits per heavy atom. The summed E-state index contributed by atoms with van der Waals surface area (Å²) in [6.45, 7) is 0.305. The van der Waals surface area contributed by atoms with Crippen molar-refractivity contribution in [2.24, 2.45) is 0 Å². The highest BCUT2D eigenvalue weighted by Crippen LogP contribution is 2.04. The van der Waals surface area contributed by atoms with Crippen LogP contribution in [0.25, 0.3) is 6.08 Å². The van der Waals surface area contributed by atoms with Crippen LogP contribution in [0.4, 0.5) is 4.39 Å². The largest absolute Gasteiger partial charge is 0.353 e. The second kappa shape index (κ2) is 7.04. The number of hydrogen-bond acceptors (Lipinski definition) is 3. The molecule has 0 bridgehead atoms. The highest BCUT2D eigenvalue weighted by molar-refractivity contribution is 7.90. The molecule has 1 rings (SSSR count). The molecule has 0 radical (unpaired) electrons. The number of sulfone groups is 1. The van der Waals surface area contributed by atoms with Crippen LogP contribution in [-0.4, -0.2) is 32.9 Å². The van der Waals surface area contributed by atoms with Crippen LogP contribution in [-0.2, 0) is 14.6 Å². The van der Waals surface area contributed by atoms with E-state index < -0.39 is 9.84 Å². The van der Waals surface area contributed by atoms with Gasteiger partial charge in [0.05, 0.1) is 5.75 Å². The van der Waals surface area contributed by atoms with Crippen molar-refractivity contribution in [2.45, 2.75) is 6.42 Å². The maximum absolute atomic E-state index is 12.6. The van der Waals surface area contributed by atoms with Gasteiger partial charge in [-0.25, -0.2) is 12.8 Å². The minimum absolute atomic E-state index is 0.0506. The molecule has 0 aromatic heterocycles. The van der Waals surface area contributed by atoms with Crippen LogP contribution in [0.3, 0.4) is 0 Å². The topological polar surface area (TPSA) is 63.2 Å². The highest BCUT2D eigenvalue weighted by Gasteiger charge is 2.01. The molecule has 0 unspecified atom stereocenters. The average molecular weight is 285 g/mol. The minimum atomic E-state index is -2.99. The lowest BCUT2D eigenvalue weighted by molar-refractivity contribution is -0.116. The van der Waals surface area contributed by atoms with E-state index in [0.29, 0.717) is 18.5 Å². The first kappa shape index (κ1) is 15.4. The monoisotopic (exact) mass is 285 g/mol. The van der Waals surface area contributed by atoms with Gasteiger partial charge in [-0.05, 0) is 30.2 Å². The van der Waals surface area contributed by atoms with Crippen LogP contribution in [0.1, 0.15) is 12.0 Å². The van der Waals surface area contributed by atoms with E-state index >= 15 is 0 Å². The first-order valence-corrected chi connectivity index (χ1v) is 7.82. The van der Waals surface area contributed by atoms with Gasteiger partial charge in [0.25, 0.3) is 0 Å². The molecular formula is C13H16FNO3S. The number of carbonyl (C=O) groups is 1. The van der Waals surface area contributed by atoms with Gasteiger partial charge < -0.3 is 5.32 Å². The van der Waals surface area contributed by atoms with E-state index in [0.717, 1.165) is 6.26 Å². The van der Waals surface area contributed by atoms with Gasteiger partial charge >= 0.3 is 0 Å². The maximum atomic E-state index is 12.6. The lowest BCUT2D eigenvalue weighted by atomic mass is 10.2. The van der Waals surface area contributed by atoms with Gasteiger partial charge in [-0.2, -0.15) is 0 Å². The molecule has 0 aliphatic carbocycles. The molecule has 0 atom stereocenters. The smallest absolute Gasteiger partial charge is 0.243 e. The molecule has 0 saturated carbocycles. The lowest BCUT2D eigenvalue weighted by Crippen LogP contribution is -2.23. The van der Waals surface area contributed by atoms with E-state index in [1.54, 1.807) is 18.2 Å². The fraction of sp³-hybridized carbons (Fsp3) is 0.308. The van der Waals surface area contributed by atoms with Crippen LogP contribution in [0.5, 0.6) is 0 Å². The number of amides is 1. The molecule has 1 N–H and O–H groups in total. The van der Waals surface area contributed by atoms with Gasteiger partial charge in [0.1, 0.15) is 15.7 Å². The molecule has 19 heavy (non-hydrogen) atoms. The van der Waals surface area contributed by atoms with E-state index in [2.05, 4.69) is 5.32 Å². The summed E-state index contributed by atoms with van der Waals surface area (Å²) in [6.07, 6.45) is 4.43. The van der Waals surface area contributed by atoms with E-state index in [4.69, 9.17) is 0 Å². The Kier molecular flexibility index (Phi) is 5.69. The summed E-state index contributed by atoms with van der Waals surface area (Å²) in [5, 5.41) is 2.57. The van der Waals surface area contributed by atoms with Crippen molar-refractivity contribution < 1.29 is 17.6 Å². The zero-order chi connectivity index (χ0) is 14.3. The Morgan fingerprint density at radius 1 is 1.32 bits per heavy atom. The van der Waals surface area contributed by atoms with E-state index in [1.807, 2.05) is 0 Å². The Balaban J connectivity index is 2.33. The second-order valence-corrected chi connectivity index (χ2v) is 6.42. The zero-order valence-electron chi connectivity index (χ0n) is 10.6. The Bertz CT molecular complexity index is 550. The molecule has 0 heterocycles. The predicted octanol–water partition coefficient (Wildman–Crippen LogP) is 1.39. The van der Waals surface area contributed by atoms with Crippen molar-refractivity contribution in [1.29, 1.82) is 0 Å². The average Bonchev–Trinajstić information content (AvgIpc) is 2.33. The number of carbonyl (C=O) groups excluding carboxylic acids is 1. The molecule has 0 saturated heterocycles. The number of hydrogen-bond donors (Lipinski definition) is 1. The molecule has 1 aromatic rings. The maximum Gasteiger partial charge on any atom is 0.243 e. The van der Waals surface area contributed by atoms with Gasteiger partial charge in [0.2, 0.25) is 5.91 Å². The predicted molar refractivity (Wildman–Crippen MR) is 72.8 cm³/mol. The number of nitrogens with one attached hydrogen (secondary N) is 1. The second-order valence-electron chi connectivity index (χ2n) is 4.16. The van der Waals surface area contributed by atoms with Gasteiger partial charge in [0.15, 0.2) is 0 Å². The SMILES string of the molecule is CS(=O)(=O)CCCNC(=O)/C=C/c1ccc(F)cc1. The molecule has 0 aliphatic heterocycles. The molecule has 0 fully saturated rings. The zero-order valence-corrected chi connectivity index (χ0v) is 11.4. The van der Waals surface area contributed by atoms with Crippen molar-refractivity contribution in [2.75, 3.05) is 18.6 Å². The Labute approximate surface area is 112 Å². The summed E-state index contributed by atoms with van der Waals surface area (Å²) in [7, 11) is -2.99. The summed E-state index contributed by atoms with van der Waals surface area (Å²) in [4.78, 5) is 11.4. The third-order valence-corrected chi connectivity index (χ3v) is 3.32. The fourth-order valence-corrected chi connectivity index (χ4v) is 2.02. The first-order chi connectivity index (χ1) is 8.87. The van der Waals surface area contributed by atoms with Crippen molar-refractivity contribution in [3.63, 3.8) is 0 Å². The highest BCUT2D eigenvalue weighted by atomic mass is 32.2. The molecule has 6 heteroatoms. The summed E-state index contributed by atoms with van der Waals surface area (Å²) in [5.41, 5.74) is 0.715. The molecule has 1 amide bonds. The standard InChI is InChI=1S/C13H16FNO3S/c1-19(17,18)10-2-9-15-13(16)8-5-11-3-6-12(14)7-4-11/h3-8H,2,9-10H2,1H3,(H,15,16)/b8-5+. The van der Waals surface area contributed by atoms with E-state index in [9.17, 15) is 17.6 Å². The lowest BCUT2D eigenvalue weighted by Gasteiger charge is -2.01. The number of rotatable bonds is 6. The summed E-state index contributed by atoms with van der Waals surface area (Å²) >= 11 is 0. The van der Waals surface area contributed by atoms with Crippen molar-refractivity contribution in [1.82, 2.24) is 5.32 Å². The fourth-order valence-electron chi connectivity index (χ4n) is 1.35. The van der Waals surface area contributed by atoms with Crippen molar-refractivity contribution >= 4 is 21.8 Å². The molecule has 1 aromatic carbocycles. The molecule has 4 nitrogen and oxygen atoms in total. The summed E-state index contributed by atoms with van der Waals surface area (Å²) in [6, 6.07) is 5.74. The third-order valence-electron chi connectivity index (χ3n) is 2.29. The normalized spacial score (nSPS) is 11.7. The summed E-state index contributed by atoms with van der Waals surface area (Å²) < 4.78 is 34.3. The van der Waals surface area contributed by atoms with Gasteiger partial charge in [-0.1, -0.05) is 12.1 Å². The van der Waals surface area contributed by atoms with Gasteiger partial charge in [0, 0.05) is 18.9 Å². The summed E-state index contributed by atoms with van der Waals surface area (Å²) in [5.74, 6) is -0.588. The van der Waals surface area contributed by atoms with Crippen LogP contribution in [0, 0.1) is 5.82 Å². The van der Waals surface area contributed by atoms with Crippen LogP contribution in [0.15, 0.2) is 30.3 Å². The quantitative estimate of drug-likeness (QED) is 0.634. The molecule has 104 valence electrons. The van der Waals surface area contributed by atoms with Crippen LogP contribution >= 0.6 is 0 Å².